The van der Waals surface area contributed by atoms with Crippen LogP contribution >= 0.6 is 0 Å². The number of piperazine rings is 1. The monoisotopic (exact) mass is 433 g/mol. The van der Waals surface area contributed by atoms with E-state index in [9.17, 15) is 9.59 Å². The Morgan fingerprint density at radius 1 is 0.969 bits per heavy atom. The van der Waals surface area contributed by atoms with Gasteiger partial charge in [0.2, 0.25) is 5.91 Å². The molecule has 2 amide bonds. The molecular weight excluding hydrogens is 402 g/mol. The Hall–Kier alpha value is -3.12. The summed E-state index contributed by atoms with van der Waals surface area (Å²) in [6.45, 7) is 4.20. The molecule has 2 fully saturated rings. The maximum Gasteiger partial charge on any atom is 0.268 e. The molecule has 0 bridgehead atoms. The topological polar surface area (TPSA) is 70.7 Å². The van der Waals surface area contributed by atoms with Crippen molar-refractivity contribution >= 4 is 17.9 Å². The van der Waals surface area contributed by atoms with Crippen LogP contribution in [0.1, 0.15) is 36.8 Å². The van der Waals surface area contributed by atoms with E-state index in [1.54, 1.807) is 6.08 Å². The number of carbonyl (C=O) groups excluding carboxylic acids is 2. The molecule has 2 aromatic carbocycles. The molecule has 2 heterocycles. The number of rotatable bonds is 8. The van der Waals surface area contributed by atoms with Gasteiger partial charge in [0.25, 0.3) is 5.91 Å². The Morgan fingerprint density at radius 3 is 2.47 bits per heavy atom. The predicted octanol–water partition coefficient (Wildman–Crippen LogP) is 3.14. The van der Waals surface area contributed by atoms with E-state index in [1.807, 2.05) is 54.6 Å². The summed E-state index contributed by atoms with van der Waals surface area (Å²) < 4.78 is 5.85. The molecule has 4 rings (SSSR count). The second-order valence-corrected chi connectivity index (χ2v) is 8.44. The van der Waals surface area contributed by atoms with Crippen molar-refractivity contribution in [1.82, 2.24) is 15.5 Å². The van der Waals surface area contributed by atoms with Crippen LogP contribution in [-0.2, 0) is 16.0 Å². The Morgan fingerprint density at radius 2 is 1.72 bits per heavy atom. The first-order valence-corrected chi connectivity index (χ1v) is 11.5. The van der Waals surface area contributed by atoms with Gasteiger partial charge in [0, 0.05) is 13.0 Å². The largest absolute Gasteiger partial charge is 0.494 e. The van der Waals surface area contributed by atoms with Crippen molar-refractivity contribution in [2.24, 2.45) is 0 Å². The van der Waals surface area contributed by atoms with Crippen LogP contribution in [0, 0.1) is 0 Å². The number of nitrogens with one attached hydrogen (secondary N) is 2. The first-order valence-electron chi connectivity index (χ1n) is 11.5. The molecule has 0 aromatic heterocycles. The van der Waals surface area contributed by atoms with Gasteiger partial charge >= 0.3 is 0 Å². The van der Waals surface area contributed by atoms with Crippen molar-refractivity contribution in [1.29, 1.82) is 0 Å². The average molecular weight is 434 g/mol. The number of ether oxygens (including phenoxy) is 1. The molecular formula is C26H31N3O3. The zero-order valence-electron chi connectivity index (χ0n) is 18.4. The Kier molecular flexibility index (Phi) is 7.56. The van der Waals surface area contributed by atoms with Crippen molar-refractivity contribution in [3.05, 3.63) is 71.4 Å². The molecule has 0 spiro atoms. The second kappa shape index (κ2) is 11.0. The summed E-state index contributed by atoms with van der Waals surface area (Å²) in [5.41, 5.74) is 2.10. The molecule has 0 aliphatic carbocycles. The summed E-state index contributed by atoms with van der Waals surface area (Å²) in [5.74, 6) is 0.336. The van der Waals surface area contributed by atoms with Crippen LogP contribution in [0.5, 0.6) is 5.75 Å². The number of piperidine rings is 1. The van der Waals surface area contributed by atoms with Crippen molar-refractivity contribution in [2.75, 3.05) is 26.2 Å². The van der Waals surface area contributed by atoms with Crippen LogP contribution in [0.2, 0.25) is 0 Å². The third-order valence-electron chi connectivity index (χ3n) is 5.93. The van der Waals surface area contributed by atoms with Gasteiger partial charge in [-0.25, -0.2) is 0 Å². The molecule has 168 valence electrons. The summed E-state index contributed by atoms with van der Waals surface area (Å²) in [5, 5.41) is 5.56. The molecule has 0 radical (unpaired) electrons. The normalized spacial score (nSPS) is 20.6. The lowest BCUT2D eigenvalue weighted by Gasteiger charge is -2.26. The highest BCUT2D eigenvalue weighted by Gasteiger charge is 2.29. The quantitative estimate of drug-likeness (QED) is 0.496. The van der Waals surface area contributed by atoms with Crippen LogP contribution in [-0.4, -0.2) is 49.0 Å². The summed E-state index contributed by atoms with van der Waals surface area (Å²) >= 11 is 0. The number of nitrogens with zero attached hydrogens (tertiary/aromatic N) is 1. The van der Waals surface area contributed by atoms with Gasteiger partial charge in [0.05, 0.1) is 6.61 Å². The Balaban J connectivity index is 1.26. The van der Waals surface area contributed by atoms with E-state index in [1.165, 1.54) is 32.4 Å². The first kappa shape index (κ1) is 22.1. The van der Waals surface area contributed by atoms with Gasteiger partial charge in [-0.2, -0.15) is 0 Å². The molecule has 1 atom stereocenters. The number of hydrogen-bond acceptors (Lipinski definition) is 4. The molecule has 2 N–H and O–H groups in total. The molecule has 6 nitrogen and oxygen atoms in total. The molecule has 2 aliphatic heterocycles. The van der Waals surface area contributed by atoms with Gasteiger partial charge in [-0.1, -0.05) is 48.9 Å². The van der Waals surface area contributed by atoms with Crippen molar-refractivity contribution in [3.8, 4) is 5.75 Å². The summed E-state index contributed by atoms with van der Waals surface area (Å²) in [4.78, 5) is 27.5. The summed E-state index contributed by atoms with van der Waals surface area (Å²) in [7, 11) is 0. The third kappa shape index (κ3) is 6.20. The van der Waals surface area contributed by atoms with Crippen LogP contribution in [0.3, 0.4) is 0 Å². The lowest BCUT2D eigenvalue weighted by Crippen LogP contribution is -2.55. The smallest absolute Gasteiger partial charge is 0.268 e. The van der Waals surface area contributed by atoms with Gasteiger partial charge in [-0.3, -0.25) is 9.59 Å². The average Bonchev–Trinajstić information content (AvgIpc) is 2.82. The summed E-state index contributed by atoms with van der Waals surface area (Å²) in [6, 6.07) is 16.7. The molecule has 2 aliphatic rings. The highest BCUT2D eigenvalue weighted by Crippen LogP contribution is 2.16. The van der Waals surface area contributed by atoms with E-state index in [0.717, 1.165) is 29.8 Å². The highest BCUT2D eigenvalue weighted by atomic mass is 16.5. The van der Waals surface area contributed by atoms with Gasteiger partial charge < -0.3 is 20.3 Å². The molecule has 32 heavy (non-hydrogen) atoms. The van der Waals surface area contributed by atoms with Crippen molar-refractivity contribution < 1.29 is 14.3 Å². The predicted molar refractivity (Wildman–Crippen MR) is 125 cm³/mol. The Labute approximate surface area is 189 Å². The molecule has 2 saturated heterocycles. The molecule has 6 heteroatoms. The maximum atomic E-state index is 12.5. The SMILES string of the molecule is O=C1N[C@@H](Cc2ccccc2)C(=O)N/C1=C\c1ccc(OCCCN2CCCCC2)cc1. The fourth-order valence-electron chi connectivity index (χ4n) is 4.16. The minimum atomic E-state index is -0.567. The van der Waals surface area contributed by atoms with Crippen molar-refractivity contribution in [3.63, 3.8) is 0 Å². The number of carbonyl (C=O) groups is 2. The second-order valence-electron chi connectivity index (χ2n) is 8.44. The van der Waals surface area contributed by atoms with Crippen molar-refractivity contribution in [2.45, 2.75) is 38.1 Å². The van der Waals surface area contributed by atoms with Gasteiger partial charge in [-0.15, -0.1) is 0 Å². The van der Waals surface area contributed by atoms with E-state index in [0.29, 0.717) is 13.0 Å². The van der Waals surface area contributed by atoms with Crippen LogP contribution in [0.15, 0.2) is 60.3 Å². The van der Waals surface area contributed by atoms with Gasteiger partial charge in [-0.05, 0) is 61.7 Å². The molecule has 0 unspecified atom stereocenters. The zero-order valence-corrected chi connectivity index (χ0v) is 18.4. The number of amides is 2. The van der Waals surface area contributed by atoms with E-state index in [-0.39, 0.29) is 17.5 Å². The van der Waals surface area contributed by atoms with Crippen LogP contribution < -0.4 is 15.4 Å². The first-order chi connectivity index (χ1) is 15.7. The zero-order chi connectivity index (χ0) is 22.2. The standard InChI is InChI=1S/C26H31N3O3/c30-25-23(18-20-8-3-1-4-9-20)27-26(31)24(28-25)19-21-10-12-22(13-11-21)32-17-7-16-29-14-5-2-6-15-29/h1,3-4,8-13,19,23H,2,5-7,14-18H2,(H,27,31)(H,28,30)/b24-19-/t23-/m0/s1. The van der Waals surface area contributed by atoms with E-state index in [2.05, 4.69) is 15.5 Å². The number of benzene rings is 2. The maximum absolute atomic E-state index is 12.5. The highest BCUT2D eigenvalue weighted by molar-refractivity contribution is 6.07. The lowest BCUT2D eigenvalue weighted by molar-refractivity contribution is -0.131. The van der Waals surface area contributed by atoms with E-state index < -0.39 is 6.04 Å². The number of hydrogen-bond donors (Lipinski definition) is 2. The van der Waals surface area contributed by atoms with Crippen LogP contribution in [0.4, 0.5) is 0 Å². The molecule has 0 saturated carbocycles. The minimum Gasteiger partial charge on any atom is -0.494 e. The molecule has 2 aromatic rings. The fourth-order valence-corrected chi connectivity index (χ4v) is 4.16. The Bertz CT molecular complexity index is 935. The lowest BCUT2D eigenvalue weighted by atomic mass is 10.0. The fraction of sp³-hybridized carbons (Fsp3) is 0.385. The van der Waals surface area contributed by atoms with Crippen LogP contribution in [0.25, 0.3) is 6.08 Å². The third-order valence-corrected chi connectivity index (χ3v) is 5.93. The van der Waals surface area contributed by atoms with Gasteiger partial charge in [0.1, 0.15) is 17.5 Å². The van der Waals surface area contributed by atoms with E-state index >= 15 is 0 Å². The van der Waals surface area contributed by atoms with Gasteiger partial charge in [0.15, 0.2) is 0 Å². The minimum absolute atomic E-state index is 0.201. The van der Waals surface area contributed by atoms with E-state index in [4.69, 9.17) is 4.74 Å². The number of likely N-dealkylation sites (tertiary alicyclic amines) is 1. The summed E-state index contributed by atoms with van der Waals surface area (Å²) in [6.07, 6.45) is 7.15.